The molecule has 0 radical (unpaired) electrons. The standard InChI is InChI=1S/C21H25N3O3S/c1-14-6-7-18(19(8-14)26-5)27-12-16-9-20(28-13-16)21(25)23(3)11-17-10-22-24(4)15(17)2/h6-10,13H,11-12H2,1-5H3. The Morgan fingerprint density at radius 3 is 2.71 bits per heavy atom. The van der Waals surface area contributed by atoms with Gasteiger partial charge in [0, 0.05) is 37.5 Å². The monoisotopic (exact) mass is 399 g/mol. The predicted octanol–water partition coefficient (Wildman–Crippen LogP) is 3.96. The molecule has 1 aromatic carbocycles. The van der Waals surface area contributed by atoms with Crippen LogP contribution < -0.4 is 9.47 Å². The maximum Gasteiger partial charge on any atom is 0.263 e. The number of rotatable bonds is 7. The van der Waals surface area contributed by atoms with E-state index in [2.05, 4.69) is 5.10 Å². The second-order valence-corrected chi connectivity index (χ2v) is 7.71. The van der Waals surface area contributed by atoms with Gasteiger partial charge in [0.2, 0.25) is 0 Å². The Morgan fingerprint density at radius 1 is 1.25 bits per heavy atom. The highest BCUT2D eigenvalue weighted by Gasteiger charge is 2.17. The van der Waals surface area contributed by atoms with Gasteiger partial charge >= 0.3 is 0 Å². The Bertz CT molecular complexity index is 977. The second-order valence-electron chi connectivity index (χ2n) is 6.80. The molecule has 28 heavy (non-hydrogen) atoms. The maximum absolute atomic E-state index is 12.7. The van der Waals surface area contributed by atoms with E-state index in [0.29, 0.717) is 29.5 Å². The van der Waals surface area contributed by atoms with E-state index in [0.717, 1.165) is 22.4 Å². The van der Waals surface area contributed by atoms with E-state index in [1.54, 1.807) is 12.0 Å². The molecule has 0 N–H and O–H groups in total. The van der Waals surface area contributed by atoms with Gasteiger partial charge in [-0.15, -0.1) is 11.3 Å². The van der Waals surface area contributed by atoms with Crippen molar-refractivity contribution in [2.45, 2.75) is 27.0 Å². The van der Waals surface area contributed by atoms with Crippen molar-refractivity contribution in [3.63, 3.8) is 0 Å². The minimum Gasteiger partial charge on any atom is -0.493 e. The Labute approximate surface area is 169 Å². The molecule has 2 aromatic heterocycles. The van der Waals surface area contributed by atoms with Gasteiger partial charge < -0.3 is 14.4 Å². The van der Waals surface area contributed by atoms with Crippen LogP contribution in [0.4, 0.5) is 0 Å². The van der Waals surface area contributed by atoms with Crippen LogP contribution in [0.2, 0.25) is 0 Å². The summed E-state index contributed by atoms with van der Waals surface area (Å²) in [4.78, 5) is 15.1. The molecule has 0 saturated heterocycles. The number of methoxy groups -OCH3 is 1. The number of hydrogen-bond acceptors (Lipinski definition) is 5. The van der Waals surface area contributed by atoms with Gasteiger partial charge in [0.25, 0.3) is 5.91 Å². The minimum atomic E-state index is -0.00702. The lowest BCUT2D eigenvalue weighted by Crippen LogP contribution is -2.25. The van der Waals surface area contributed by atoms with Crippen LogP contribution in [0.3, 0.4) is 0 Å². The van der Waals surface area contributed by atoms with Crippen LogP contribution in [-0.2, 0) is 20.2 Å². The van der Waals surface area contributed by atoms with Crippen LogP contribution >= 0.6 is 11.3 Å². The van der Waals surface area contributed by atoms with Gasteiger partial charge in [-0.2, -0.15) is 5.10 Å². The molecule has 0 fully saturated rings. The van der Waals surface area contributed by atoms with Crippen LogP contribution in [0.5, 0.6) is 11.5 Å². The second kappa shape index (κ2) is 8.48. The van der Waals surface area contributed by atoms with Crippen LogP contribution in [0, 0.1) is 13.8 Å². The van der Waals surface area contributed by atoms with Gasteiger partial charge in [-0.3, -0.25) is 9.48 Å². The number of nitrogens with zero attached hydrogens (tertiary/aromatic N) is 3. The Kier molecular flexibility index (Phi) is 6.04. The van der Waals surface area contributed by atoms with Crippen molar-refractivity contribution >= 4 is 17.2 Å². The van der Waals surface area contributed by atoms with Gasteiger partial charge in [-0.1, -0.05) is 6.07 Å². The zero-order valence-electron chi connectivity index (χ0n) is 16.9. The number of benzene rings is 1. The van der Waals surface area contributed by atoms with Crippen molar-refractivity contribution in [1.82, 2.24) is 14.7 Å². The fourth-order valence-electron chi connectivity index (χ4n) is 2.83. The molecule has 7 heteroatoms. The largest absolute Gasteiger partial charge is 0.493 e. The smallest absolute Gasteiger partial charge is 0.263 e. The van der Waals surface area contributed by atoms with Gasteiger partial charge in [0.15, 0.2) is 11.5 Å². The first-order valence-corrected chi connectivity index (χ1v) is 9.84. The summed E-state index contributed by atoms with van der Waals surface area (Å²) in [6.07, 6.45) is 1.81. The third-order valence-electron chi connectivity index (χ3n) is 4.67. The zero-order chi connectivity index (χ0) is 20.3. The quantitative estimate of drug-likeness (QED) is 0.603. The van der Waals surface area contributed by atoms with E-state index in [1.165, 1.54) is 11.3 Å². The molecule has 0 spiro atoms. The molecular weight excluding hydrogens is 374 g/mol. The summed E-state index contributed by atoms with van der Waals surface area (Å²) in [6, 6.07) is 7.71. The molecule has 0 unspecified atom stereocenters. The minimum absolute atomic E-state index is 0.00702. The lowest BCUT2D eigenvalue weighted by Gasteiger charge is -2.16. The lowest BCUT2D eigenvalue weighted by molar-refractivity contribution is 0.0789. The molecule has 0 atom stereocenters. The van der Waals surface area contributed by atoms with Crippen molar-refractivity contribution in [3.05, 3.63) is 63.1 Å². The summed E-state index contributed by atoms with van der Waals surface area (Å²) in [5.74, 6) is 1.39. The number of ether oxygens (including phenoxy) is 2. The van der Waals surface area contributed by atoms with Gasteiger partial charge in [-0.05, 0) is 43.0 Å². The van der Waals surface area contributed by atoms with E-state index >= 15 is 0 Å². The van der Waals surface area contributed by atoms with Crippen molar-refractivity contribution in [3.8, 4) is 11.5 Å². The molecule has 2 heterocycles. The summed E-state index contributed by atoms with van der Waals surface area (Å²) in [5.41, 5.74) is 4.18. The summed E-state index contributed by atoms with van der Waals surface area (Å²) in [5, 5.41) is 6.19. The highest BCUT2D eigenvalue weighted by molar-refractivity contribution is 7.12. The van der Waals surface area contributed by atoms with E-state index < -0.39 is 0 Å². The number of amides is 1. The maximum atomic E-state index is 12.7. The first-order valence-electron chi connectivity index (χ1n) is 8.97. The third-order valence-corrected chi connectivity index (χ3v) is 5.64. The van der Waals surface area contributed by atoms with Crippen LogP contribution in [-0.4, -0.2) is 34.7 Å². The number of hydrogen-bond donors (Lipinski definition) is 0. The van der Waals surface area contributed by atoms with E-state index in [1.807, 2.05) is 68.5 Å². The highest BCUT2D eigenvalue weighted by Crippen LogP contribution is 2.29. The topological polar surface area (TPSA) is 56.6 Å². The number of carbonyl (C=O) groups is 1. The number of aromatic nitrogens is 2. The fraction of sp³-hybridized carbons (Fsp3) is 0.333. The van der Waals surface area contributed by atoms with Crippen molar-refractivity contribution in [1.29, 1.82) is 0 Å². The predicted molar refractivity (Wildman–Crippen MR) is 110 cm³/mol. The van der Waals surface area contributed by atoms with E-state index in [-0.39, 0.29) is 5.91 Å². The summed E-state index contributed by atoms with van der Waals surface area (Å²) < 4.78 is 13.1. The van der Waals surface area contributed by atoms with Crippen LogP contribution in [0.25, 0.3) is 0 Å². The van der Waals surface area contributed by atoms with Crippen LogP contribution in [0.1, 0.15) is 32.1 Å². The van der Waals surface area contributed by atoms with Crippen LogP contribution in [0.15, 0.2) is 35.8 Å². The zero-order valence-corrected chi connectivity index (χ0v) is 17.7. The highest BCUT2D eigenvalue weighted by atomic mass is 32.1. The molecule has 6 nitrogen and oxygen atoms in total. The van der Waals surface area contributed by atoms with Crippen molar-refractivity contribution in [2.24, 2.45) is 7.05 Å². The molecule has 3 rings (SSSR count). The van der Waals surface area contributed by atoms with E-state index in [9.17, 15) is 4.79 Å². The number of carbonyl (C=O) groups excluding carboxylic acids is 1. The van der Waals surface area contributed by atoms with Gasteiger partial charge in [-0.25, -0.2) is 0 Å². The molecular formula is C21H25N3O3S. The fourth-order valence-corrected chi connectivity index (χ4v) is 3.72. The molecule has 0 aliphatic rings. The molecule has 1 amide bonds. The molecule has 0 bridgehead atoms. The number of aryl methyl sites for hydroxylation is 2. The normalized spacial score (nSPS) is 10.8. The SMILES string of the molecule is COc1cc(C)ccc1OCc1csc(C(=O)N(C)Cc2cnn(C)c2C)c1. The van der Waals surface area contributed by atoms with Crippen molar-refractivity contribution in [2.75, 3.05) is 14.2 Å². The molecule has 0 aliphatic heterocycles. The molecule has 0 saturated carbocycles. The average molecular weight is 400 g/mol. The first-order chi connectivity index (χ1) is 13.4. The molecule has 3 aromatic rings. The van der Waals surface area contributed by atoms with Gasteiger partial charge in [0.05, 0.1) is 18.2 Å². The summed E-state index contributed by atoms with van der Waals surface area (Å²) in [6.45, 7) is 4.92. The first kappa shape index (κ1) is 19.9. The summed E-state index contributed by atoms with van der Waals surface area (Å²) >= 11 is 1.43. The Morgan fingerprint density at radius 2 is 2.04 bits per heavy atom. The Hall–Kier alpha value is -2.80. The van der Waals surface area contributed by atoms with Crippen molar-refractivity contribution < 1.29 is 14.3 Å². The number of thiophene rings is 1. The van der Waals surface area contributed by atoms with Gasteiger partial charge in [0.1, 0.15) is 6.61 Å². The third kappa shape index (κ3) is 4.36. The molecule has 0 aliphatic carbocycles. The Balaban J connectivity index is 1.63. The average Bonchev–Trinajstić information content (AvgIpc) is 3.28. The van der Waals surface area contributed by atoms with E-state index in [4.69, 9.17) is 9.47 Å². The lowest BCUT2D eigenvalue weighted by atomic mass is 10.2. The molecule has 148 valence electrons. The summed E-state index contributed by atoms with van der Waals surface area (Å²) in [7, 11) is 5.33.